The molecule has 0 aliphatic carbocycles. The lowest BCUT2D eigenvalue weighted by Gasteiger charge is -2.37. The lowest BCUT2D eigenvalue weighted by atomic mass is 9.84. The highest BCUT2D eigenvalue weighted by Gasteiger charge is 2.46. The van der Waals surface area contributed by atoms with Crippen molar-refractivity contribution in [1.82, 2.24) is 4.90 Å². The zero-order valence-electron chi connectivity index (χ0n) is 16.9. The molecular weight excluding hydrogens is 380 g/mol. The van der Waals surface area contributed by atoms with Gasteiger partial charge in [-0.25, -0.2) is 4.79 Å². The van der Waals surface area contributed by atoms with Gasteiger partial charge in [-0.2, -0.15) is 5.26 Å². The van der Waals surface area contributed by atoms with Gasteiger partial charge in [-0.1, -0.05) is 30.3 Å². The predicted molar refractivity (Wildman–Crippen MR) is 110 cm³/mol. The molecule has 2 aliphatic rings. The lowest BCUT2D eigenvalue weighted by Crippen LogP contribution is -2.48. The van der Waals surface area contributed by atoms with Crippen molar-refractivity contribution in [1.29, 1.82) is 5.26 Å². The molecule has 2 atom stereocenters. The first kappa shape index (κ1) is 20.0. The smallest absolute Gasteiger partial charge is 0.410 e. The number of nitrogens with zero attached hydrogens (tertiary/aromatic N) is 2. The summed E-state index contributed by atoms with van der Waals surface area (Å²) in [5.74, 6) is 0.276. The molecule has 2 heterocycles. The predicted octanol–water partition coefficient (Wildman–Crippen LogP) is 4.33. The van der Waals surface area contributed by atoms with E-state index in [9.17, 15) is 14.9 Å². The number of piperidine rings is 1. The zero-order valence-corrected chi connectivity index (χ0v) is 16.9. The van der Waals surface area contributed by atoms with Crippen LogP contribution in [-0.4, -0.2) is 36.0 Å². The molecule has 2 fully saturated rings. The van der Waals surface area contributed by atoms with E-state index < -0.39 is 0 Å². The Bertz CT molecular complexity index is 968. The lowest BCUT2D eigenvalue weighted by molar-refractivity contribution is 0.0484. The number of benzene rings is 2. The molecule has 1 amide bonds. The monoisotopic (exact) mass is 404 g/mol. The summed E-state index contributed by atoms with van der Waals surface area (Å²) in [7, 11) is 1.52. The van der Waals surface area contributed by atoms with E-state index in [1.165, 1.54) is 7.11 Å². The minimum atomic E-state index is -0.304. The molecule has 30 heavy (non-hydrogen) atoms. The average molecular weight is 404 g/mol. The van der Waals surface area contributed by atoms with Gasteiger partial charge in [-0.05, 0) is 49.4 Å². The number of methoxy groups -OCH3 is 1. The maximum absolute atomic E-state index is 13.2. The number of ketones is 1. The largest absolute Gasteiger partial charge is 0.496 e. The second-order valence-electron chi connectivity index (χ2n) is 7.89. The van der Waals surface area contributed by atoms with Crippen molar-refractivity contribution in [2.75, 3.05) is 7.11 Å². The summed E-state index contributed by atoms with van der Waals surface area (Å²) in [4.78, 5) is 27.8. The van der Waals surface area contributed by atoms with Gasteiger partial charge in [0.15, 0.2) is 5.78 Å². The van der Waals surface area contributed by atoms with Crippen LogP contribution < -0.4 is 4.74 Å². The second-order valence-corrected chi connectivity index (χ2v) is 7.89. The van der Waals surface area contributed by atoms with E-state index in [-0.39, 0.29) is 36.5 Å². The van der Waals surface area contributed by atoms with Crippen LogP contribution in [0.1, 0.15) is 47.2 Å². The third-order valence-corrected chi connectivity index (χ3v) is 6.11. The Morgan fingerprint density at radius 2 is 1.80 bits per heavy atom. The number of ether oxygens (including phenoxy) is 2. The fraction of sp³-hybridized carbons (Fsp3) is 0.375. The van der Waals surface area contributed by atoms with Gasteiger partial charge in [0.05, 0.1) is 24.3 Å². The van der Waals surface area contributed by atoms with Gasteiger partial charge in [0.1, 0.15) is 12.4 Å². The highest BCUT2D eigenvalue weighted by molar-refractivity contribution is 6.01. The first-order valence-electron chi connectivity index (χ1n) is 10.2. The third kappa shape index (κ3) is 3.88. The van der Waals surface area contributed by atoms with E-state index in [0.29, 0.717) is 29.7 Å². The van der Waals surface area contributed by atoms with Gasteiger partial charge in [-0.15, -0.1) is 0 Å². The molecule has 0 aromatic heterocycles. The van der Waals surface area contributed by atoms with Gasteiger partial charge in [0.25, 0.3) is 0 Å². The minimum absolute atomic E-state index is 0.00566. The Hall–Kier alpha value is -3.33. The van der Waals surface area contributed by atoms with Crippen LogP contribution in [0.25, 0.3) is 0 Å². The van der Waals surface area contributed by atoms with E-state index in [0.717, 1.165) is 18.4 Å². The highest BCUT2D eigenvalue weighted by atomic mass is 16.6. The van der Waals surface area contributed by atoms with E-state index in [4.69, 9.17) is 9.47 Å². The molecule has 2 unspecified atom stereocenters. The number of hydrogen-bond donors (Lipinski definition) is 0. The summed E-state index contributed by atoms with van der Waals surface area (Å²) in [5, 5.41) is 9.18. The standard InChI is InChI=1S/C24H24N2O4/c1-29-22-10-7-17(14-25)11-21(22)23(27)18-12-19-8-9-20(13-18)26(19)24(28)30-15-16-5-3-2-4-6-16/h2-7,10-11,18-20H,8-9,12-13,15H2,1H3. The number of amides is 1. The van der Waals surface area contributed by atoms with Gasteiger partial charge < -0.3 is 14.4 Å². The van der Waals surface area contributed by atoms with Crippen molar-refractivity contribution < 1.29 is 19.1 Å². The second kappa shape index (κ2) is 8.58. The molecule has 2 aliphatic heterocycles. The molecule has 0 spiro atoms. The van der Waals surface area contributed by atoms with Crippen molar-refractivity contribution >= 4 is 11.9 Å². The summed E-state index contributed by atoms with van der Waals surface area (Å²) in [6, 6.07) is 16.6. The maximum Gasteiger partial charge on any atom is 0.410 e. The molecular formula is C24H24N2O4. The molecule has 6 heteroatoms. The van der Waals surface area contributed by atoms with Crippen LogP contribution in [-0.2, 0) is 11.3 Å². The molecule has 4 rings (SSSR count). The highest BCUT2D eigenvalue weighted by Crippen LogP contribution is 2.41. The summed E-state index contributed by atoms with van der Waals surface area (Å²) < 4.78 is 10.9. The van der Waals surface area contributed by atoms with Crippen LogP contribution in [0.5, 0.6) is 5.75 Å². The van der Waals surface area contributed by atoms with E-state index in [1.54, 1.807) is 18.2 Å². The Balaban J connectivity index is 1.44. The quantitative estimate of drug-likeness (QED) is 0.693. The molecule has 0 radical (unpaired) electrons. The van der Waals surface area contributed by atoms with Gasteiger partial charge >= 0.3 is 6.09 Å². The van der Waals surface area contributed by atoms with E-state index in [2.05, 4.69) is 6.07 Å². The van der Waals surface area contributed by atoms with Crippen LogP contribution in [0.15, 0.2) is 48.5 Å². The molecule has 6 nitrogen and oxygen atoms in total. The van der Waals surface area contributed by atoms with Crippen molar-refractivity contribution in [3.05, 3.63) is 65.2 Å². The Kier molecular flexibility index (Phi) is 5.71. The number of rotatable bonds is 5. The number of fused-ring (bicyclic) bond motifs is 2. The first-order valence-corrected chi connectivity index (χ1v) is 10.2. The summed E-state index contributed by atoms with van der Waals surface area (Å²) in [5.41, 5.74) is 1.83. The van der Waals surface area contributed by atoms with Crippen LogP contribution in [0.2, 0.25) is 0 Å². The van der Waals surface area contributed by atoms with E-state index >= 15 is 0 Å². The molecule has 154 valence electrons. The van der Waals surface area contributed by atoms with Gasteiger partial charge in [0, 0.05) is 18.0 Å². The average Bonchev–Trinajstić information content (AvgIpc) is 3.06. The van der Waals surface area contributed by atoms with Crippen LogP contribution >= 0.6 is 0 Å². The Labute approximate surface area is 176 Å². The molecule has 0 N–H and O–H groups in total. The fourth-order valence-corrected chi connectivity index (χ4v) is 4.67. The summed E-state index contributed by atoms with van der Waals surface area (Å²) >= 11 is 0. The normalized spacial score (nSPS) is 22.3. The summed E-state index contributed by atoms with van der Waals surface area (Å²) in [6.45, 7) is 0.246. The van der Waals surface area contributed by atoms with Crippen LogP contribution in [0.4, 0.5) is 4.79 Å². The van der Waals surface area contributed by atoms with Crippen molar-refractivity contribution in [3.63, 3.8) is 0 Å². The number of carbonyl (C=O) groups excluding carboxylic acids is 2. The molecule has 2 aromatic rings. The van der Waals surface area contributed by atoms with Crippen molar-refractivity contribution in [2.24, 2.45) is 5.92 Å². The SMILES string of the molecule is COc1ccc(C#N)cc1C(=O)C1CC2CCC(C1)N2C(=O)OCc1ccccc1. The number of hydrogen-bond acceptors (Lipinski definition) is 5. The van der Waals surface area contributed by atoms with Crippen molar-refractivity contribution in [2.45, 2.75) is 44.4 Å². The summed E-state index contributed by atoms with van der Waals surface area (Å²) in [6.07, 6.45) is 2.67. The number of Topliss-reactive ketones (excluding diaryl/α,β-unsaturated/α-hetero) is 1. The third-order valence-electron chi connectivity index (χ3n) is 6.11. The first-order chi connectivity index (χ1) is 14.6. The van der Waals surface area contributed by atoms with Gasteiger partial charge in [-0.3, -0.25) is 4.79 Å². The van der Waals surface area contributed by atoms with Gasteiger partial charge in [0.2, 0.25) is 0 Å². The Morgan fingerprint density at radius 1 is 1.10 bits per heavy atom. The van der Waals surface area contributed by atoms with Crippen LogP contribution in [0, 0.1) is 17.2 Å². The molecule has 2 aromatic carbocycles. The maximum atomic E-state index is 13.2. The molecule has 2 saturated heterocycles. The van der Waals surface area contributed by atoms with E-state index in [1.807, 2.05) is 35.2 Å². The minimum Gasteiger partial charge on any atom is -0.496 e. The number of carbonyl (C=O) groups is 2. The zero-order chi connectivity index (χ0) is 21.1. The van der Waals surface area contributed by atoms with Crippen molar-refractivity contribution in [3.8, 4) is 11.8 Å². The van der Waals surface area contributed by atoms with Crippen LogP contribution in [0.3, 0.4) is 0 Å². The molecule has 0 saturated carbocycles. The Morgan fingerprint density at radius 3 is 2.43 bits per heavy atom. The fourth-order valence-electron chi connectivity index (χ4n) is 4.67. The molecule has 2 bridgehead atoms. The number of nitriles is 1. The topological polar surface area (TPSA) is 79.6 Å².